The van der Waals surface area contributed by atoms with Gasteiger partial charge in [0.25, 0.3) is 0 Å². The van der Waals surface area contributed by atoms with Crippen LogP contribution < -0.4 is 16.4 Å². The van der Waals surface area contributed by atoms with Crippen molar-refractivity contribution in [1.29, 1.82) is 0 Å². The zero-order valence-corrected chi connectivity index (χ0v) is 17.7. The van der Waals surface area contributed by atoms with Gasteiger partial charge in [0.15, 0.2) is 6.29 Å². The first-order chi connectivity index (χ1) is 11.7. The maximum atomic E-state index is 12.0. The summed E-state index contributed by atoms with van der Waals surface area (Å²) < 4.78 is 8.42. The van der Waals surface area contributed by atoms with Gasteiger partial charge in [-0.2, -0.15) is 0 Å². The smallest absolute Gasteiger partial charge is 0.408 e. The summed E-state index contributed by atoms with van der Waals surface area (Å²) in [7, 11) is 0. The Morgan fingerprint density at radius 2 is 1.85 bits per heavy atom. The number of carbonyl (C=O) groups is 2. The van der Waals surface area contributed by atoms with Crippen LogP contribution in [0.25, 0.3) is 0 Å². The van der Waals surface area contributed by atoms with E-state index in [1.165, 1.54) is 5.32 Å². The number of hydrogen-bond donors (Lipinski definition) is 4. The van der Waals surface area contributed by atoms with Crippen LogP contribution in [0.3, 0.4) is 0 Å². The van der Waals surface area contributed by atoms with Crippen LogP contribution in [0, 0.1) is 0 Å². The fourth-order valence-corrected chi connectivity index (χ4v) is 1.97. The number of carbonyl (C=O) groups excluding carboxylic acids is 2. The number of alkyl carbamates (subject to hydrolysis) is 1. The highest BCUT2D eigenvalue weighted by Crippen LogP contribution is 2.26. The van der Waals surface area contributed by atoms with Crippen LogP contribution in [-0.4, -0.2) is 58.0 Å². The summed E-state index contributed by atoms with van der Waals surface area (Å²) in [5.41, 5.74) is 5.14. The maximum Gasteiger partial charge on any atom is 0.408 e. The summed E-state index contributed by atoms with van der Waals surface area (Å²) in [6, 6.07) is -1.38. The summed E-state index contributed by atoms with van der Waals surface area (Å²) in [6.45, 7) is 6.93. The molecule has 0 fully saturated rings. The molecule has 0 saturated carbocycles. The van der Waals surface area contributed by atoms with E-state index in [0.29, 0.717) is 19.4 Å². The average molecular weight is 438 g/mol. The minimum Gasteiger partial charge on any atom is -0.444 e. The molecule has 8 nitrogen and oxygen atoms in total. The number of nitrogens with two attached hydrogens (primary N) is 2. The Bertz CT molecular complexity index is 455. The highest BCUT2D eigenvalue weighted by Gasteiger charge is 2.25. The summed E-state index contributed by atoms with van der Waals surface area (Å²) in [4.78, 5) is 23.6. The van der Waals surface area contributed by atoms with Crippen molar-refractivity contribution >= 4 is 46.8 Å². The van der Waals surface area contributed by atoms with Crippen LogP contribution in [0.2, 0.25) is 0 Å². The molecular weight excluding hydrogens is 409 g/mol. The molecule has 0 bridgehead atoms. The average Bonchev–Trinajstić information content (AvgIpc) is 2.45. The fraction of sp³-hybridized carbons (Fsp3) is 0.867. The molecule has 0 aliphatic carbocycles. The van der Waals surface area contributed by atoms with Crippen molar-refractivity contribution in [3.63, 3.8) is 0 Å². The summed E-state index contributed by atoms with van der Waals surface area (Å²) in [5.74, 6) is -0.238. The molecule has 0 aromatic rings. The lowest BCUT2D eigenvalue weighted by molar-refractivity contribution is -0.570. The molecule has 3 atom stereocenters. The van der Waals surface area contributed by atoms with Crippen molar-refractivity contribution in [1.82, 2.24) is 5.32 Å². The van der Waals surface area contributed by atoms with Gasteiger partial charge in [0.1, 0.15) is 11.6 Å². The quantitative estimate of drug-likeness (QED) is 0.240. The number of quaternary nitrogens is 1. The fourth-order valence-electron chi connectivity index (χ4n) is 1.78. The van der Waals surface area contributed by atoms with Gasteiger partial charge in [0, 0.05) is 0 Å². The molecule has 0 heterocycles. The Morgan fingerprint density at radius 3 is 2.35 bits per heavy atom. The molecule has 6 N–H and O–H groups in total. The largest absolute Gasteiger partial charge is 0.444 e. The number of primary amides is 1. The Hall–Kier alpha value is -0.350. The molecule has 0 aromatic carbocycles. The molecule has 0 aliphatic rings. The molecule has 0 aliphatic heterocycles. The van der Waals surface area contributed by atoms with E-state index in [2.05, 4.69) is 5.32 Å². The first-order valence-electron chi connectivity index (χ1n) is 8.20. The standard InChI is InChI=1S/C15H28Cl3N3O5/c1-9(21-13(24)26-14(2,3)4)11(22)20-7-5-6-10(19)12(23)25-8-15(16,17)18/h9-10,12,23H,5-8,19H2,1-4H3,(H,20,22)(H,21,24)/p+1. The first kappa shape index (κ1) is 25.6. The zero-order chi connectivity index (χ0) is 20.5. The molecule has 154 valence electrons. The van der Waals surface area contributed by atoms with E-state index in [1.807, 2.05) is 0 Å². The van der Waals surface area contributed by atoms with Crippen LogP contribution in [0.5, 0.6) is 0 Å². The molecule has 0 aromatic heterocycles. The van der Waals surface area contributed by atoms with Gasteiger partial charge >= 0.3 is 12.0 Å². The van der Waals surface area contributed by atoms with E-state index in [1.54, 1.807) is 27.7 Å². The minimum absolute atomic E-state index is 0.238. The number of ether oxygens (including phenoxy) is 2. The number of rotatable bonds is 9. The van der Waals surface area contributed by atoms with E-state index in [9.17, 15) is 14.7 Å². The highest BCUT2D eigenvalue weighted by molar-refractivity contribution is 6.67. The van der Waals surface area contributed by atoms with Gasteiger partial charge in [-0.15, -0.1) is 0 Å². The topological polar surface area (TPSA) is 127 Å². The van der Waals surface area contributed by atoms with Crippen molar-refractivity contribution < 1.29 is 29.5 Å². The second kappa shape index (κ2) is 11.5. The van der Waals surface area contributed by atoms with Gasteiger partial charge in [0.05, 0.1) is 19.2 Å². The van der Waals surface area contributed by atoms with E-state index in [-0.39, 0.29) is 12.5 Å². The molecule has 0 rings (SSSR count). The normalized spacial score (nSPS) is 15.9. The highest BCUT2D eigenvalue weighted by atomic mass is 35.6. The molecule has 0 radical (unpaired) electrons. The Labute approximate surface area is 169 Å². The lowest BCUT2D eigenvalue weighted by atomic mass is 10.1. The molecule has 2 amide bonds. The summed E-state index contributed by atoms with van der Waals surface area (Å²) >= 11 is 16.6. The van der Waals surface area contributed by atoms with E-state index in [0.717, 1.165) is 0 Å². The van der Waals surface area contributed by atoms with Gasteiger partial charge in [0.2, 0.25) is 3.79 Å². The second-order valence-corrected chi connectivity index (χ2v) is 9.40. The predicted octanol–water partition coefficient (Wildman–Crippen LogP) is 0.802. The van der Waals surface area contributed by atoms with Crippen molar-refractivity contribution in [2.45, 2.75) is 68.3 Å². The van der Waals surface area contributed by atoms with Gasteiger partial charge in [-0.3, -0.25) is 5.32 Å². The molecule has 0 spiro atoms. The minimum atomic E-state index is -1.63. The van der Waals surface area contributed by atoms with Crippen molar-refractivity contribution in [2.24, 2.45) is 5.73 Å². The second-order valence-electron chi connectivity index (χ2n) is 6.89. The molecule has 3 unspecified atom stereocenters. The Morgan fingerprint density at radius 1 is 1.27 bits per heavy atom. The van der Waals surface area contributed by atoms with Gasteiger partial charge in [-0.25, -0.2) is 9.59 Å². The monoisotopic (exact) mass is 436 g/mol. The summed E-state index contributed by atoms with van der Waals surface area (Å²) in [5, 5.41) is 13.6. The van der Waals surface area contributed by atoms with Crippen LogP contribution in [0.4, 0.5) is 4.79 Å². The third-order valence-corrected chi connectivity index (χ3v) is 3.36. The van der Waals surface area contributed by atoms with Gasteiger partial charge < -0.3 is 25.6 Å². The van der Waals surface area contributed by atoms with Crippen LogP contribution in [0.15, 0.2) is 0 Å². The lowest BCUT2D eigenvalue weighted by Crippen LogP contribution is -2.91. The van der Waals surface area contributed by atoms with Crippen LogP contribution in [0.1, 0.15) is 40.5 Å². The third kappa shape index (κ3) is 13.8. The molecular formula is C15H29Cl3N3O5+. The van der Waals surface area contributed by atoms with Crippen molar-refractivity contribution in [3.8, 4) is 0 Å². The van der Waals surface area contributed by atoms with Crippen molar-refractivity contribution in [2.75, 3.05) is 13.2 Å². The van der Waals surface area contributed by atoms with Gasteiger partial charge in [-0.05, 0) is 40.5 Å². The number of aliphatic hydroxyl groups is 1. The number of halogens is 3. The number of amides is 2. The van der Waals surface area contributed by atoms with Gasteiger partial charge in [-0.1, -0.05) is 34.8 Å². The molecule has 0 saturated heterocycles. The number of hydrogen-bond acceptors (Lipinski definition) is 6. The molecule has 11 heteroatoms. The molecule has 26 heavy (non-hydrogen) atoms. The Balaban J connectivity index is 4.01. The number of aliphatic hydroxyl groups excluding tert-OH is 1. The SMILES string of the molecule is CC(NC(=O)OC(C)(C)C)C(=O)[NH2+]CCCC(N)C(O)OCC(Cl)(Cl)Cl. The zero-order valence-electron chi connectivity index (χ0n) is 15.4. The third-order valence-electron chi connectivity index (χ3n) is 3.03. The van der Waals surface area contributed by atoms with Crippen LogP contribution in [-0.2, 0) is 14.3 Å². The maximum absolute atomic E-state index is 12.0. The number of nitrogens with one attached hydrogen (secondary N) is 1. The van der Waals surface area contributed by atoms with E-state index in [4.69, 9.17) is 50.0 Å². The first-order valence-corrected chi connectivity index (χ1v) is 9.33. The predicted molar refractivity (Wildman–Crippen MR) is 100 cm³/mol. The van der Waals surface area contributed by atoms with Crippen molar-refractivity contribution in [3.05, 3.63) is 0 Å². The summed E-state index contributed by atoms with van der Waals surface area (Å²) in [6.07, 6.45) is -0.976. The van der Waals surface area contributed by atoms with E-state index >= 15 is 0 Å². The van der Waals surface area contributed by atoms with E-state index < -0.39 is 33.9 Å². The van der Waals surface area contributed by atoms with Crippen LogP contribution >= 0.6 is 34.8 Å². The number of alkyl halides is 3. The Kier molecular flexibility index (Phi) is 11.3. The lowest BCUT2D eigenvalue weighted by Gasteiger charge is -2.21.